The summed E-state index contributed by atoms with van der Waals surface area (Å²) in [5.74, 6) is -0.269. The number of hydrogen-bond donors (Lipinski definition) is 3. The third-order valence-corrected chi connectivity index (χ3v) is 9.94. The number of fused-ring (bicyclic) bond motifs is 3. The van der Waals surface area contributed by atoms with Gasteiger partial charge in [-0.3, -0.25) is 14.6 Å². The molecular weight excluding hydrogens is 580 g/mol. The minimum Gasteiger partial charge on any atom is -0.478 e. The Balaban J connectivity index is 0.986. The minimum atomic E-state index is -1.03. The van der Waals surface area contributed by atoms with Crippen LogP contribution in [-0.2, 0) is 27.8 Å². The summed E-state index contributed by atoms with van der Waals surface area (Å²) in [5.41, 5.74) is 10.1. The Morgan fingerprint density at radius 2 is 1.93 bits per heavy atom. The highest BCUT2D eigenvalue weighted by atomic mass is 16.4. The van der Waals surface area contributed by atoms with Gasteiger partial charge in [-0.05, 0) is 75.0 Å². The number of anilines is 1. The van der Waals surface area contributed by atoms with E-state index < -0.39 is 17.4 Å². The molecule has 1 spiro atoms. The molecule has 1 saturated heterocycles. The van der Waals surface area contributed by atoms with Gasteiger partial charge in [0.25, 0.3) is 0 Å². The van der Waals surface area contributed by atoms with Crippen LogP contribution in [0.2, 0.25) is 0 Å². The second-order valence-corrected chi connectivity index (χ2v) is 13.0. The van der Waals surface area contributed by atoms with Gasteiger partial charge in [0.15, 0.2) is 0 Å². The predicted octanol–water partition coefficient (Wildman–Crippen LogP) is 4.01. The van der Waals surface area contributed by atoms with Crippen molar-refractivity contribution in [2.24, 2.45) is 5.73 Å². The van der Waals surface area contributed by atoms with Gasteiger partial charge in [-0.2, -0.15) is 0 Å². The summed E-state index contributed by atoms with van der Waals surface area (Å²) in [5, 5.41) is 12.3. The van der Waals surface area contributed by atoms with Crippen molar-refractivity contribution in [3.63, 3.8) is 0 Å². The highest BCUT2D eigenvalue weighted by Gasteiger charge is 2.52. The minimum absolute atomic E-state index is 0.0653. The first-order valence-electron chi connectivity index (χ1n) is 16.2. The fourth-order valence-electron chi connectivity index (χ4n) is 7.31. The van der Waals surface area contributed by atoms with Gasteiger partial charge in [0.05, 0.1) is 17.0 Å². The Kier molecular flexibility index (Phi) is 9.02. The van der Waals surface area contributed by atoms with Crippen LogP contribution in [0, 0.1) is 0 Å². The first kappa shape index (κ1) is 31.6. The van der Waals surface area contributed by atoms with E-state index in [0.29, 0.717) is 25.1 Å². The third kappa shape index (κ3) is 6.19. The lowest BCUT2D eigenvalue weighted by molar-refractivity contribution is -0.138. The number of carboxylic acid groups (broad SMARTS) is 1. The van der Waals surface area contributed by atoms with E-state index in [9.17, 15) is 19.5 Å². The van der Waals surface area contributed by atoms with Crippen LogP contribution in [0.15, 0.2) is 60.9 Å². The third-order valence-electron chi connectivity index (χ3n) is 9.94. The van der Waals surface area contributed by atoms with Gasteiger partial charge in [0, 0.05) is 55.1 Å². The van der Waals surface area contributed by atoms with E-state index in [0.717, 1.165) is 61.3 Å². The van der Waals surface area contributed by atoms with E-state index in [1.165, 1.54) is 11.8 Å². The summed E-state index contributed by atoms with van der Waals surface area (Å²) in [6.45, 7) is 4.58. The Morgan fingerprint density at radius 1 is 1.13 bits per heavy atom. The van der Waals surface area contributed by atoms with E-state index in [1.807, 2.05) is 35.2 Å². The number of nitrogens with zero attached hydrogens (tertiary/aromatic N) is 4. The largest absolute Gasteiger partial charge is 0.478 e. The van der Waals surface area contributed by atoms with E-state index in [-0.39, 0.29) is 29.3 Å². The lowest BCUT2D eigenvalue weighted by atomic mass is 9.79. The zero-order valence-corrected chi connectivity index (χ0v) is 26.5. The average Bonchev–Trinajstić information content (AvgIpc) is 3.56. The van der Waals surface area contributed by atoms with Crippen LogP contribution in [0.1, 0.15) is 76.8 Å². The Bertz CT molecular complexity index is 1660. The maximum absolute atomic E-state index is 13.2. The number of rotatable bonds is 11. The zero-order valence-electron chi connectivity index (χ0n) is 26.5. The van der Waals surface area contributed by atoms with Crippen molar-refractivity contribution in [1.29, 1.82) is 0 Å². The number of aromatic carboxylic acids is 1. The molecule has 4 N–H and O–H groups in total. The van der Waals surface area contributed by atoms with Crippen molar-refractivity contribution >= 4 is 29.7 Å². The Labute approximate surface area is 269 Å². The number of aromatic nitrogens is 2. The standard InChI is InChI=1S/C36H42N6O4/c1-23-28(25-11-5-3-6-12-25)18-30(37)33(43)42(23)15-8-4-7-13-41(2)14-9-10-24-16-29-32(39-21-24)40-35(46)36(29)19-26-17-27(34(44)45)22-38-31(26)20-36/h3,5-6,9-12,16-17,21-23,28,30H,4,7-8,13-15,18-20,37H2,1-2H3,(H,44,45)(H,39,40,46)/b10-9+. The number of amides is 2. The number of carbonyl (C=O) groups excluding carboxylic acids is 2. The van der Waals surface area contributed by atoms with Gasteiger partial charge < -0.3 is 26.0 Å². The molecular formula is C36H42N6O4. The number of carboxylic acids is 1. The van der Waals surface area contributed by atoms with E-state index in [1.54, 1.807) is 12.3 Å². The molecule has 6 rings (SSSR count). The van der Waals surface area contributed by atoms with Gasteiger partial charge in [0.2, 0.25) is 11.8 Å². The molecule has 2 aliphatic heterocycles. The van der Waals surface area contributed by atoms with Gasteiger partial charge in [-0.1, -0.05) is 48.9 Å². The molecule has 0 saturated carbocycles. The molecule has 10 heteroatoms. The molecule has 2 amide bonds. The number of nitrogens with one attached hydrogen (secondary N) is 1. The lowest BCUT2D eigenvalue weighted by Gasteiger charge is -2.42. The topological polar surface area (TPSA) is 142 Å². The van der Waals surface area contributed by atoms with Crippen LogP contribution in [0.25, 0.3) is 6.08 Å². The molecule has 1 aliphatic carbocycles. The highest BCUT2D eigenvalue weighted by molar-refractivity contribution is 6.06. The fraction of sp³-hybridized carbons (Fsp3) is 0.417. The zero-order chi connectivity index (χ0) is 32.4. The first-order valence-corrected chi connectivity index (χ1v) is 16.2. The number of unbranched alkanes of at least 4 members (excludes halogenated alkanes) is 2. The predicted molar refractivity (Wildman–Crippen MR) is 176 cm³/mol. The molecule has 2 aromatic heterocycles. The Hall–Kier alpha value is -4.41. The van der Waals surface area contributed by atoms with Crippen molar-refractivity contribution in [3.8, 4) is 0 Å². The molecule has 1 aromatic carbocycles. The first-order chi connectivity index (χ1) is 22.2. The molecule has 3 aliphatic rings. The van der Waals surface area contributed by atoms with Crippen molar-refractivity contribution in [2.75, 3.05) is 32.0 Å². The molecule has 46 heavy (non-hydrogen) atoms. The van der Waals surface area contributed by atoms with Crippen LogP contribution >= 0.6 is 0 Å². The number of carbonyl (C=O) groups is 3. The summed E-state index contributed by atoms with van der Waals surface area (Å²) < 4.78 is 0. The monoisotopic (exact) mass is 622 g/mol. The summed E-state index contributed by atoms with van der Waals surface area (Å²) in [4.78, 5) is 50.7. The number of piperidine rings is 1. The molecule has 10 nitrogen and oxygen atoms in total. The van der Waals surface area contributed by atoms with Gasteiger partial charge >= 0.3 is 5.97 Å². The van der Waals surface area contributed by atoms with E-state index >= 15 is 0 Å². The lowest BCUT2D eigenvalue weighted by Crippen LogP contribution is -2.55. The molecule has 4 heterocycles. The molecule has 240 valence electrons. The van der Waals surface area contributed by atoms with Crippen molar-refractivity contribution in [3.05, 3.63) is 94.4 Å². The normalized spacial score (nSPS) is 23.7. The van der Waals surface area contributed by atoms with Crippen LogP contribution in [0.3, 0.4) is 0 Å². The van der Waals surface area contributed by atoms with E-state index in [4.69, 9.17) is 5.73 Å². The summed E-state index contributed by atoms with van der Waals surface area (Å²) in [6.07, 6.45) is 11.8. The molecule has 1 fully saturated rings. The molecule has 0 radical (unpaired) electrons. The van der Waals surface area contributed by atoms with Crippen LogP contribution in [-0.4, -0.2) is 81.4 Å². The average molecular weight is 623 g/mol. The van der Waals surface area contributed by atoms with Crippen molar-refractivity contribution < 1.29 is 19.5 Å². The summed E-state index contributed by atoms with van der Waals surface area (Å²) in [6, 6.07) is 13.7. The maximum atomic E-state index is 13.2. The number of likely N-dealkylation sites (N-methyl/N-ethyl adjacent to an activating group) is 1. The van der Waals surface area contributed by atoms with Crippen LogP contribution in [0.5, 0.6) is 0 Å². The summed E-state index contributed by atoms with van der Waals surface area (Å²) in [7, 11) is 2.09. The van der Waals surface area contributed by atoms with E-state index in [2.05, 4.69) is 52.4 Å². The van der Waals surface area contributed by atoms with Gasteiger partial charge in [-0.25, -0.2) is 9.78 Å². The maximum Gasteiger partial charge on any atom is 0.337 e. The molecule has 4 atom stereocenters. The Morgan fingerprint density at radius 3 is 2.72 bits per heavy atom. The van der Waals surface area contributed by atoms with Crippen LogP contribution < -0.4 is 11.1 Å². The van der Waals surface area contributed by atoms with Gasteiger partial charge in [-0.15, -0.1) is 0 Å². The molecule has 3 aromatic rings. The van der Waals surface area contributed by atoms with Crippen molar-refractivity contribution in [2.45, 2.75) is 68.9 Å². The highest BCUT2D eigenvalue weighted by Crippen LogP contribution is 2.46. The smallest absolute Gasteiger partial charge is 0.337 e. The SMILES string of the molecule is CC1C(c2ccccc2)CC(N)C(=O)N1CCCCCN(C)C/C=C/c1cnc2c(c1)C1(Cc3cc(C(=O)O)cnc3C1)C(=O)N2. The summed E-state index contributed by atoms with van der Waals surface area (Å²) >= 11 is 0. The molecule has 4 unspecified atom stereocenters. The molecule has 0 bridgehead atoms. The number of pyridine rings is 2. The van der Waals surface area contributed by atoms with Crippen molar-refractivity contribution in [1.82, 2.24) is 19.8 Å². The van der Waals surface area contributed by atoms with Gasteiger partial charge in [0.1, 0.15) is 5.82 Å². The second kappa shape index (κ2) is 13.1. The number of benzene rings is 1. The number of hydrogen-bond acceptors (Lipinski definition) is 7. The number of likely N-dealkylation sites (tertiary alicyclic amines) is 1. The van der Waals surface area contributed by atoms with Crippen LogP contribution in [0.4, 0.5) is 5.82 Å². The second-order valence-electron chi connectivity index (χ2n) is 13.0. The fourth-order valence-corrected chi connectivity index (χ4v) is 7.31. The number of nitrogens with two attached hydrogens (primary N) is 1. The quantitative estimate of drug-likeness (QED) is 0.273.